The van der Waals surface area contributed by atoms with Crippen molar-refractivity contribution in [3.8, 4) is 5.75 Å². The molecule has 0 heterocycles. The molecule has 0 bridgehead atoms. The zero-order valence-electron chi connectivity index (χ0n) is 11.3. The lowest BCUT2D eigenvalue weighted by atomic mass is 10.2. The minimum absolute atomic E-state index is 0.0144. The summed E-state index contributed by atoms with van der Waals surface area (Å²) < 4.78 is 32.3. The third-order valence-corrected chi connectivity index (χ3v) is 4.18. The summed E-state index contributed by atoms with van der Waals surface area (Å²) in [5.41, 5.74) is 7.54. The molecule has 0 aromatic heterocycles. The molecule has 0 aliphatic carbocycles. The molecule has 0 aliphatic rings. The Balaban J connectivity index is 2.40. The molecule has 0 amide bonds. The molecule has 0 radical (unpaired) electrons. The number of hydrogen-bond donors (Lipinski definition) is 2. The van der Waals surface area contributed by atoms with Gasteiger partial charge in [-0.05, 0) is 37.3 Å². The second kappa shape index (κ2) is 5.42. The van der Waals surface area contributed by atoms with Gasteiger partial charge in [0, 0.05) is 11.4 Å². The van der Waals surface area contributed by atoms with Crippen LogP contribution in [0.5, 0.6) is 5.75 Å². The Hall–Kier alpha value is -2.21. The fourth-order valence-corrected chi connectivity index (χ4v) is 3.00. The summed E-state index contributed by atoms with van der Waals surface area (Å²) in [5.74, 6) is 0.249. The third-order valence-electron chi connectivity index (χ3n) is 2.78. The monoisotopic (exact) mass is 292 g/mol. The summed E-state index contributed by atoms with van der Waals surface area (Å²) in [7, 11) is -2.33. The van der Waals surface area contributed by atoms with Gasteiger partial charge in [-0.15, -0.1) is 0 Å². The van der Waals surface area contributed by atoms with Crippen LogP contribution in [0.4, 0.5) is 11.4 Å². The van der Waals surface area contributed by atoms with Crippen LogP contribution in [0.2, 0.25) is 0 Å². The molecule has 2 rings (SSSR count). The first-order valence-corrected chi connectivity index (χ1v) is 7.44. The SMILES string of the molecule is COc1ccc(N)cc1S(=O)(=O)Nc1ccc(C)cc1. The highest BCUT2D eigenvalue weighted by atomic mass is 32.2. The van der Waals surface area contributed by atoms with Crippen molar-refractivity contribution in [2.45, 2.75) is 11.8 Å². The van der Waals surface area contributed by atoms with Crippen LogP contribution in [-0.4, -0.2) is 15.5 Å². The first-order valence-electron chi connectivity index (χ1n) is 5.95. The Morgan fingerprint density at radius 2 is 1.75 bits per heavy atom. The second-order valence-corrected chi connectivity index (χ2v) is 6.03. The summed E-state index contributed by atoms with van der Waals surface area (Å²) in [6.07, 6.45) is 0. The fourth-order valence-electron chi connectivity index (χ4n) is 1.74. The van der Waals surface area contributed by atoms with Gasteiger partial charge in [-0.25, -0.2) is 8.42 Å². The minimum atomic E-state index is -3.75. The third kappa shape index (κ3) is 3.03. The molecule has 0 saturated carbocycles. The van der Waals surface area contributed by atoms with Crippen molar-refractivity contribution in [2.75, 3.05) is 17.6 Å². The number of nitrogens with one attached hydrogen (secondary N) is 1. The zero-order valence-corrected chi connectivity index (χ0v) is 12.1. The molecule has 6 heteroatoms. The molecule has 0 spiro atoms. The van der Waals surface area contributed by atoms with Gasteiger partial charge in [0.05, 0.1) is 7.11 Å². The molecule has 0 unspecified atom stereocenters. The van der Waals surface area contributed by atoms with Crippen molar-refractivity contribution in [2.24, 2.45) is 0 Å². The number of benzene rings is 2. The average molecular weight is 292 g/mol. The summed E-state index contributed by atoms with van der Waals surface area (Å²) in [6.45, 7) is 1.93. The van der Waals surface area contributed by atoms with Crippen LogP contribution in [0.3, 0.4) is 0 Å². The quantitative estimate of drug-likeness (QED) is 0.848. The number of anilines is 2. The van der Waals surface area contributed by atoms with Crippen LogP contribution in [0.15, 0.2) is 47.4 Å². The van der Waals surface area contributed by atoms with Gasteiger partial charge in [0.15, 0.2) is 0 Å². The van der Waals surface area contributed by atoms with E-state index in [1.54, 1.807) is 18.2 Å². The smallest absolute Gasteiger partial charge is 0.265 e. The number of methoxy groups -OCH3 is 1. The van der Waals surface area contributed by atoms with E-state index in [4.69, 9.17) is 10.5 Å². The lowest BCUT2D eigenvalue weighted by Gasteiger charge is -2.12. The largest absolute Gasteiger partial charge is 0.495 e. The molecule has 0 aliphatic heterocycles. The van der Waals surface area contributed by atoms with Gasteiger partial charge in [-0.3, -0.25) is 4.72 Å². The van der Waals surface area contributed by atoms with Gasteiger partial charge in [-0.1, -0.05) is 17.7 Å². The summed E-state index contributed by atoms with van der Waals surface area (Å²) in [4.78, 5) is 0.0144. The van der Waals surface area contributed by atoms with Gasteiger partial charge in [0.2, 0.25) is 0 Å². The Morgan fingerprint density at radius 3 is 2.35 bits per heavy atom. The Bertz CT molecular complexity index is 710. The van der Waals surface area contributed by atoms with Crippen molar-refractivity contribution in [3.05, 3.63) is 48.0 Å². The fraction of sp³-hybridized carbons (Fsp3) is 0.143. The van der Waals surface area contributed by atoms with E-state index in [9.17, 15) is 8.42 Å². The number of rotatable bonds is 4. The molecule has 0 saturated heterocycles. The molecule has 2 aromatic carbocycles. The van der Waals surface area contributed by atoms with Crippen LogP contribution in [0, 0.1) is 6.92 Å². The van der Waals surface area contributed by atoms with Crippen molar-refractivity contribution >= 4 is 21.4 Å². The normalized spacial score (nSPS) is 11.1. The predicted molar refractivity (Wildman–Crippen MR) is 79.4 cm³/mol. The van der Waals surface area contributed by atoms with E-state index in [1.165, 1.54) is 19.2 Å². The number of aryl methyl sites for hydroxylation is 1. The van der Waals surface area contributed by atoms with Gasteiger partial charge in [0.1, 0.15) is 10.6 Å². The highest BCUT2D eigenvalue weighted by molar-refractivity contribution is 7.92. The standard InChI is InChI=1S/C14H16N2O3S/c1-10-3-6-12(7-4-10)16-20(17,18)14-9-11(15)5-8-13(14)19-2/h3-9,16H,15H2,1-2H3. The highest BCUT2D eigenvalue weighted by Crippen LogP contribution is 2.27. The molecule has 0 atom stereocenters. The molecular weight excluding hydrogens is 276 g/mol. The lowest BCUT2D eigenvalue weighted by Crippen LogP contribution is -2.14. The minimum Gasteiger partial charge on any atom is -0.495 e. The van der Waals surface area contributed by atoms with E-state index in [2.05, 4.69) is 4.72 Å². The number of hydrogen-bond acceptors (Lipinski definition) is 4. The predicted octanol–water partition coefficient (Wildman–Crippen LogP) is 2.39. The van der Waals surface area contributed by atoms with Gasteiger partial charge in [-0.2, -0.15) is 0 Å². The Labute approximate surface area is 118 Å². The molecular formula is C14H16N2O3S. The van der Waals surface area contributed by atoms with Gasteiger partial charge in [0.25, 0.3) is 10.0 Å². The number of nitrogen functional groups attached to an aromatic ring is 1. The number of sulfonamides is 1. The van der Waals surface area contributed by atoms with E-state index in [0.29, 0.717) is 11.4 Å². The van der Waals surface area contributed by atoms with E-state index in [-0.39, 0.29) is 10.6 Å². The first kappa shape index (κ1) is 14.2. The second-order valence-electron chi connectivity index (χ2n) is 4.38. The molecule has 3 N–H and O–H groups in total. The van der Waals surface area contributed by atoms with Crippen LogP contribution < -0.4 is 15.2 Å². The maximum absolute atomic E-state index is 12.4. The molecule has 5 nitrogen and oxygen atoms in total. The van der Waals surface area contributed by atoms with E-state index in [1.807, 2.05) is 19.1 Å². The lowest BCUT2D eigenvalue weighted by molar-refractivity contribution is 0.403. The highest BCUT2D eigenvalue weighted by Gasteiger charge is 2.19. The van der Waals surface area contributed by atoms with Crippen molar-refractivity contribution < 1.29 is 13.2 Å². The van der Waals surface area contributed by atoms with E-state index in [0.717, 1.165) is 5.56 Å². The summed E-state index contributed by atoms with van der Waals surface area (Å²) in [6, 6.07) is 11.5. The number of ether oxygens (including phenoxy) is 1. The van der Waals surface area contributed by atoms with Crippen LogP contribution in [0.1, 0.15) is 5.56 Å². The molecule has 2 aromatic rings. The Kier molecular flexibility index (Phi) is 3.85. The average Bonchev–Trinajstić information content (AvgIpc) is 2.41. The summed E-state index contributed by atoms with van der Waals surface area (Å²) in [5, 5.41) is 0. The van der Waals surface area contributed by atoms with Crippen LogP contribution >= 0.6 is 0 Å². The zero-order chi connectivity index (χ0) is 14.8. The molecule has 106 valence electrons. The maximum Gasteiger partial charge on any atom is 0.265 e. The van der Waals surface area contributed by atoms with Gasteiger partial charge >= 0.3 is 0 Å². The maximum atomic E-state index is 12.4. The van der Waals surface area contributed by atoms with Crippen molar-refractivity contribution in [1.29, 1.82) is 0 Å². The topological polar surface area (TPSA) is 81.4 Å². The summed E-state index contributed by atoms with van der Waals surface area (Å²) >= 11 is 0. The van der Waals surface area contributed by atoms with Crippen LogP contribution in [-0.2, 0) is 10.0 Å². The first-order chi connectivity index (χ1) is 9.42. The van der Waals surface area contributed by atoms with Crippen molar-refractivity contribution in [3.63, 3.8) is 0 Å². The van der Waals surface area contributed by atoms with Gasteiger partial charge < -0.3 is 10.5 Å². The van der Waals surface area contributed by atoms with E-state index >= 15 is 0 Å². The molecule has 0 fully saturated rings. The molecule has 20 heavy (non-hydrogen) atoms. The Morgan fingerprint density at radius 1 is 1.10 bits per heavy atom. The van der Waals surface area contributed by atoms with E-state index < -0.39 is 10.0 Å². The van der Waals surface area contributed by atoms with Crippen LogP contribution in [0.25, 0.3) is 0 Å². The van der Waals surface area contributed by atoms with Crippen molar-refractivity contribution in [1.82, 2.24) is 0 Å². The number of nitrogens with two attached hydrogens (primary N) is 1.